The number of fused-ring (bicyclic) bond motifs is 1. The van der Waals surface area contributed by atoms with Crippen LogP contribution >= 0.6 is 11.8 Å². The van der Waals surface area contributed by atoms with E-state index >= 15 is 0 Å². The smallest absolute Gasteiger partial charge is 0.158 e. The molecule has 0 aliphatic carbocycles. The van der Waals surface area contributed by atoms with E-state index in [0.29, 0.717) is 5.75 Å². The summed E-state index contributed by atoms with van der Waals surface area (Å²) in [6, 6.07) is 14.0. The van der Waals surface area contributed by atoms with Crippen LogP contribution in [-0.2, 0) is 0 Å². The summed E-state index contributed by atoms with van der Waals surface area (Å²) >= 11 is 2.01. The number of anilines is 2. The fourth-order valence-electron chi connectivity index (χ4n) is 4.48. The van der Waals surface area contributed by atoms with Gasteiger partial charge in [-0.15, -0.1) is 0 Å². The predicted molar refractivity (Wildman–Crippen MR) is 174 cm³/mol. The summed E-state index contributed by atoms with van der Waals surface area (Å²) in [6.07, 6.45) is 9.39. The van der Waals surface area contributed by atoms with Crippen molar-refractivity contribution in [2.75, 3.05) is 43.1 Å². The highest BCUT2D eigenvalue weighted by molar-refractivity contribution is 8.06. The van der Waals surface area contributed by atoms with Crippen LogP contribution in [0.1, 0.15) is 36.5 Å². The zero-order valence-corrected chi connectivity index (χ0v) is 25.5. The van der Waals surface area contributed by atoms with Crippen LogP contribution in [-0.4, -0.2) is 58.2 Å². The SMILES string of the molecule is CCC/C=C/N=C(Nc1ccc(Oc2ccn3ncnc3c2)c(C)c1)c1cc(NCCNCC2CS2)c(OC)cc1C. The molecule has 1 aliphatic heterocycles. The molecule has 0 amide bonds. The maximum Gasteiger partial charge on any atom is 0.158 e. The van der Waals surface area contributed by atoms with Gasteiger partial charge < -0.3 is 25.4 Å². The van der Waals surface area contributed by atoms with Gasteiger partial charge in [0.15, 0.2) is 5.65 Å². The summed E-state index contributed by atoms with van der Waals surface area (Å²) in [7, 11) is 1.71. The molecule has 2 aromatic carbocycles. The number of nitrogens with one attached hydrogen (secondary N) is 3. The number of aryl methyl sites for hydroxylation is 2. The molecule has 0 saturated carbocycles. The molecule has 1 saturated heterocycles. The van der Waals surface area contributed by atoms with Crippen molar-refractivity contribution in [1.82, 2.24) is 19.9 Å². The summed E-state index contributed by atoms with van der Waals surface area (Å²) < 4.78 is 13.6. The largest absolute Gasteiger partial charge is 0.495 e. The third-order valence-corrected chi connectivity index (χ3v) is 7.85. The number of pyridine rings is 1. The van der Waals surface area contributed by atoms with Crippen molar-refractivity contribution in [2.45, 2.75) is 38.9 Å². The summed E-state index contributed by atoms with van der Waals surface area (Å²) in [4.78, 5) is 9.10. The topological polar surface area (TPSA) is 97.1 Å². The predicted octanol–water partition coefficient (Wildman–Crippen LogP) is 6.44. The van der Waals surface area contributed by atoms with E-state index in [1.807, 2.05) is 55.3 Å². The number of amidine groups is 1. The van der Waals surface area contributed by atoms with E-state index in [1.165, 1.54) is 12.1 Å². The Bertz CT molecular complexity index is 1560. The lowest BCUT2D eigenvalue weighted by Crippen LogP contribution is -2.25. The molecule has 10 heteroatoms. The minimum Gasteiger partial charge on any atom is -0.495 e. The van der Waals surface area contributed by atoms with Crippen molar-refractivity contribution in [1.29, 1.82) is 0 Å². The van der Waals surface area contributed by atoms with Crippen LogP contribution in [0.5, 0.6) is 17.2 Å². The maximum atomic E-state index is 6.18. The molecule has 9 nitrogen and oxygen atoms in total. The van der Waals surface area contributed by atoms with E-state index in [9.17, 15) is 0 Å². The standard InChI is InChI=1S/C32H39N7O2S/c1-5-6-7-11-35-32(27-18-28(30(40-4)16-22(27)2)34-13-12-33-19-26-20-42-26)38-24-8-9-29(23(3)15-24)41-25-10-14-39-31(17-25)36-21-37-39/h7-11,14-18,21,26,33-34H,5-6,12-13,19-20H2,1-4H3,(H,35,38)/b11-7+. The molecular formula is C32H39N7O2S. The van der Waals surface area contributed by atoms with Gasteiger partial charge in [0, 0.05) is 60.4 Å². The molecule has 1 aliphatic rings. The lowest BCUT2D eigenvalue weighted by Gasteiger charge is -2.18. The third kappa shape index (κ3) is 7.83. The first kappa shape index (κ1) is 29.5. The number of allylic oxidation sites excluding steroid dienone is 1. The van der Waals surface area contributed by atoms with Gasteiger partial charge in [-0.05, 0) is 67.8 Å². The number of aliphatic imine (C=N–C) groups is 1. The molecule has 5 rings (SSSR count). The summed E-state index contributed by atoms with van der Waals surface area (Å²) in [5.74, 6) is 4.33. The Morgan fingerprint density at radius 1 is 1.12 bits per heavy atom. The highest BCUT2D eigenvalue weighted by atomic mass is 32.2. The van der Waals surface area contributed by atoms with Crippen molar-refractivity contribution in [3.05, 3.63) is 84.0 Å². The molecule has 3 N–H and O–H groups in total. The molecule has 0 radical (unpaired) electrons. The number of benzene rings is 2. The van der Waals surface area contributed by atoms with Crippen molar-refractivity contribution < 1.29 is 9.47 Å². The van der Waals surface area contributed by atoms with Gasteiger partial charge in [-0.1, -0.05) is 19.4 Å². The third-order valence-electron chi connectivity index (χ3n) is 6.88. The molecule has 1 fully saturated rings. The average Bonchev–Trinajstić information content (AvgIpc) is 3.70. The van der Waals surface area contributed by atoms with Crippen LogP contribution < -0.4 is 25.4 Å². The number of methoxy groups -OCH3 is 1. The Hall–Kier alpha value is -4.02. The Kier molecular flexibility index (Phi) is 9.99. The van der Waals surface area contributed by atoms with Gasteiger partial charge in [-0.3, -0.25) is 0 Å². The second kappa shape index (κ2) is 14.2. The lowest BCUT2D eigenvalue weighted by atomic mass is 10.0. The highest BCUT2D eigenvalue weighted by Crippen LogP contribution is 2.31. The molecule has 1 unspecified atom stereocenters. The first-order valence-corrected chi connectivity index (χ1v) is 15.4. The van der Waals surface area contributed by atoms with E-state index in [2.05, 4.69) is 64.2 Å². The zero-order chi connectivity index (χ0) is 29.3. The Labute approximate surface area is 251 Å². The van der Waals surface area contributed by atoms with Crippen molar-refractivity contribution >= 4 is 34.6 Å². The number of thioether (sulfide) groups is 1. The van der Waals surface area contributed by atoms with Gasteiger partial charge in [0.1, 0.15) is 29.4 Å². The second-order valence-corrected chi connectivity index (χ2v) is 11.6. The lowest BCUT2D eigenvalue weighted by molar-refractivity contribution is 0.416. The van der Waals surface area contributed by atoms with E-state index in [4.69, 9.17) is 14.5 Å². The van der Waals surface area contributed by atoms with E-state index < -0.39 is 0 Å². The average molecular weight is 586 g/mol. The summed E-state index contributed by atoms with van der Waals surface area (Å²) in [6.45, 7) is 9.03. The van der Waals surface area contributed by atoms with Gasteiger partial charge in [-0.2, -0.15) is 16.9 Å². The first-order valence-electron chi connectivity index (χ1n) is 14.4. The van der Waals surface area contributed by atoms with E-state index in [0.717, 1.165) is 88.8 Å². The van der Waals surface area contributed by atoms with Crippen LogP contribution in [0.25, 0.3) is 5.65 Å². The zero-order valence-electron chi connectivity index (χ0n) is 24.7. The van der Waals surface area contributed by atoms with Gasteiger partial charge in [0.25, 0.3) is 0 Å². The van der Waals surface area contributed by atoms with Gasteiger partial charge >= 0.3 is 0 Å². The summed E-state index contributed by atoms with van der Waals surface area (Å²) in [5.41, 5.74) is 5.66. The summed E-state index contributed by atoms with van der Waals surface area (Å²) in [5, 5.41) is 15.6. The molecule has 42 heavy (non-hydrogen) atoms. The van der Waals surface area contributed by atoms with Crippen LogP contribution in [0.4, 0.5) is 11.4 Å². The number of nitrogens with zero attached hydrogens (tertiary/aromatic N) is 4. The van der Waals surface area contributed by atoms with Gasteiger partial charge in [0.05, 0.1) is 12.8 Å². The first-order chi connectivity index (χ1) is 20.5. The van der Waals surface area contributed by atoms with Crippen molar-refractivity contribution in [3.8, 4) is 17.2 Å². The van der Waals surface area contributed by atoms with Crippen molar-refractivity contribution in [3.63, 3.8) is 0 Å². The minimum absolute atomic E-state index is 0.707. The normalized spacial score (nSPS) is 14.9. The van der Waals surface area contributed by atoms with Crippen LogP contribution in [0, 0.1) is 13.8 Å². The minimum atomic E-state index is 0.707. The quantitative estimate of drug-likeness (QED) is 0.0674. The molecule has 1 atom stereocenters. The molecule has 4 aromatic rings. The second-order valence-electron chi connectivity index (χ2n) is 10.2. The van der Waals surface area contributed by atoms with E-state index in [1.54, 1.807) is 11.6 Å². The number of rotatable bonds is 14. The number of hydrogen-bond acceptors (Lipinski definition) is 8. The highest BCUT2D eigenvalue weighted by Gasteiger charge is 2.21. The molecule has 0 spiro atoms. The number of ether oxygens (including phenoxy) is 2. The monoisotopic (exact) mass is 585 g/mol. The molecule has 0 bridgehead atoms. The number of aromatic nitrogens is 3. The Morgan fingerprint density at radius 3 is 2.79 bits per heavy atom. The molecule has 220 valence electrons. The fourth-order valence-corrected chi connectivity index (χ4v) is 4.97. The van der Waals surface area contributed by atoms with Crippen LogP contribution in [0.3, 0.4) is 0 Å². The number of hydrogen-bond donors (Lipinski definition) is 3. The fraction of sp³-hybridized carbons (Fsp3) is 0.344. The Balaban J connectivity index is 1.35. The van der Waals surface area contributed by atoms with Gasteiger partial charge in [-0.25, -0.2) is 14.5 Å². The van der Waals surface area contributed by atoms with Gasteiger partial charge in [0.2, 0.25) is 0 Å². The number of unbranched alkanes of at least 4 members (excludes halogenated alkanes) is 1. The van der Waals surface area contributed by atoms with Crippen molar-refractivity contribution in [2.24, 2.45) is 4.99 Å². The molecule has 3 heterocycles. The van der Waals surface area contributed by atoms with Crippen LogP contribution in [0.2, 0.25) is 0 Å². The Morgan fingerprint density at radius 2 is 2.00 bits per heavy atom. The molecular weight excluding hydrogens is 546 g/mol. The van der Waals surface area contributed by atoms with Crippen LogP contribution in [0.15, 0.2) is 72.3 Å². The molecule has 2 aromatic heterocycles. The van der Waals surface area contributed by atoms with E-state index in [-0.39, 0.29) is 0 Å². The maximum absolute atomic E-state index is 6.18.